The Bertz CT molecular complexity index is 1090. The van der Waals surface area contributed by atoms with Crippen molar-refractivity contribution in [2.24, 2.45) is 0 Å². The number of urea groups is 1. The van der Waals surface area contributed by atoms with Crippen LogP contribution in [0.25, 0.3) is 5.69 Å². The lowest BCUT2D eigenvalue weighted by Gasteiger charge is -2.21. The van der Waals surface area contributed by atoms with E-state index in [4.69, 9.17) is 0 Å². The van der Waals surface area contributed by atoms with Gasteiger partial charge < -0.3 is 15.5 Å². The molecule has 3 aromatic rings. The van der Waals surface area contributed by atoms with Gasteiger partial charge in [-0.2, -0.15) is 5.10 Å². The van der Waals surface area contributed by atoms with Crippen LogP contribution in [0.3, 0.4) is 0 Å². The van der Waals surface area contributed by atoms with E-state index in [2.05, 4.69) is 15.7 Å². The summed E-state index contributed by atoms with van der Waals surface area (Å²) in [5.41, 5.74) is 2.12. The number of halogens is 1. The number of aromatic nitrogens is 2. The van der Waals surface area contributed by atoms with Gasteiger partial charge in [0, 0.05) is 24.6 Å². The van der Waals surface area contributed by atoms with Crippen LogP contribution in [0, 0.1) is 5.82 Å². The first-order valence-electron chi connectivity index (χ1n) is 10.9. The predicted molar refractivity (Wildman–Crippen MR) is 127 cm³/mol. The summed E-state index contributed by atoms with van der Waals surface area (Å²) in [6, 6.07) is 16.9. The van der Waals surface area contributed by atoms with E-state index in [1.165, 1.54) is 17.0 Å². The van der Waals surface area contributed by atoms with Gasteiger partial charge in [-0.05, 0) is 36.8 Å². The van der Waals surface area contributed by atoms with E-state index in [1.807, 2.05) is 58.0 Å². The van der Waals surface area contributed by atoms with Gasteiger partial charge in [0.2, 0.25) is 5.91 Å². The minimum Gasteiger partial charge on any atom is -0.334 e. The molecule has 2 aromatic carbocycles. The number of nitrogens with one attached hydrogen (secondary N) is 2. The molecule has 0 aliphatic heterocycles. The van der Waals surface area contributed by atoms with Crippen molar-refractivity contribution in [1.82, 2.24) is 20.0 Å². The van der Waals surface area contributed by atoms with Crippen molar-refractivity contribution in [1.29, 1.82) is 0 Å². The lowest BCUT2D eigenvalue weighted by Crippen LogP contribution is -2.43. The molecule has 0 bridgehead atoms. The Labute approximate surface area is 193 Å². The van der Waals surface area contributed by atoms with Gasteiger partial charge in [0.1, 0.15) is 18.2 Å². The van der Waals surface area contributed by atoms with Crippen molar-refractivity contribution < 1.29 is 14.0 Å². The van der Waals surface area contributed by atoms with Crippen molar-refractivity contribution in [3.05, 3.63) is 77.7 Å². The highest BCUT2D eigenvalue weighted by Crippen LogP contribution is 2.26. The van der Waals surface area contributed by atoms with E-state index in [0.29, 0.717) is 24.6 Å². The zero-order chi connectivity index (χ0) is 24.0. The second-order valence-corrected chi connectivity index (χ2v) is 8.76. The Hall–Kier alpha value is -3.68. The summed E-state index contributed by atoms with van der Waals surface area (Å²) in [5.74, 6) is -0.250. The first-order chi connectivity index (χ1) is 15.7. The fourth-order valence-electron chi connectivity index (χ4n) is 3.18. The van der Waals surface area contributed by atoms with Gasteiger partial charge in [-0.25, -0.2) is 13.9 Å². The second-order valence-electron chi connectivity index (χ2n) is 8.76. The average molecular weight is 452 g/mol. The van der Waals surface area contributed by atoms with Crippen molar-refractivity contribution in [3.8, 4) is 5.69 Å². The number of nitrogens with zero attached hydrogens (tertiary/aromatic N) is 3. The van der Waals surface area contributed by atoms with Crippen LogP contribution in [-0.2, 0) is 16.8 Å². The number of carbonyl (C=O) groups excluding carboxylic acids is 2. The van der Waals surface area contributed by atoms with Crippen LogP contribution in [0.5, 0.6) is 0 Å². The third-order valence-corrected chi connectivity index (χ3v) is 5.11. The van der Waals surface area contributed by atoms with Crippen LogP contribution in [0.15, 0.2) is 60.7 Å². The molecule has 0 unspecified atom stereocenters. The third kappa shape index (κ3) is 6.41. The van der Waals surface area contributed by atoms with E-state index >= 15 is 0 Å². The highest BCUT2D eigenvalue weighted by molar-refractivity contribution is 5.94. The average Bonchev–Trinajstić information content (AvgIpc) is 3.21. The molecule has 2 N–H and O–H groups in total. The summed E-state index contributed by atoms with van der Waals surface area (Å²) in [5, 5.41) is 10.3. The minimum absolute atomic E-state index is 0.115. The Morgan fingerprint density at radius 1 is 1.06 bits per heavy atom. The standard InChI is InChI=1S/C25H30FN5O2/c1-5-30(24(33)27-16-18-9-7-6-8-10-18)17-23(32)28-22-15-21(25(2,3)4)29-31(22)20-13-11-19(26)12-14-20/h6-15H,5,16-17H2,1-4H3,(H,27,33)(H,28,32). The highest BCUT2D eigenvalue weighted by atomic mass is 19.1. The van der Waals surface area contributed by atoms with E-state index in [-0.39, 0.29) is 29.7 Å². The summed E-state index contributed by atoms with van der Waals surface area (Å²) >= 11 is 0. The van der Waals surface area contributed by atoms with E-state index in [0.717, 1.165) is 11.3 Å². The number of amides is 3. The zero-order valence-corrected chi connectivity index (χ0v) is 19.4. The molecule has 0 atom stereocenters. The first-order valence-corrected chi connectivity index (χ1v) is 10.9. The maximum absolute atomic E-state index is 13.4. The van der Waals surface area contributed by atoms with Crippen LogP contribution in [0.4, 0.5) is 15.0 Å². The number of hydrogen-bond acceptors (Lipinski definition) is 3. The van der Waals surface area contributed by atoms with Gasteiger partial charge in [0.25, 0.3) is 0 Å². The molecule has 1 aromatic heterocycles. The normalized spacial score (nSPS) is 11.2. The fraction of sp³-hybridized carbons (Fsp3) is 0.320. The van der Waals surface area contributed by atoms with Gasteiger partial charge in [-0.3, -0.25) is 4.79 Å². The number of rotatable bonds is 7. The largest absolute Gasteiger partial charge is 0.334 e. The molecule has 1 heterocycles. The molecule has 0 saturated carbocycles. The monoisotopic (exact) mass is 451 g/mol. The van der Waals surface area contributed by atoms with Crippen LogP contribution in [-0.4, -0.2) is 39.7 Å². The topological polar surface area (TPSA) is 79.3 Å². The number of carbonyl (C=O) groups is 2. The molecule has 0 aliphatic carbocycles. The minimum atomic E-state index is -0.354. The van der Waals surface area contributed by atoms with Gasteiger partial charge in [0.15, 0.2) is 0 Å². The van der Waals surface area contributed by atoms with Crippen molar-refractivity contribution in [2.75, 3.05) is 18.4 Å². The van der Waals surface area contributed by atoms with Crippen LogP contribution in [0.1, 0.15) is 39.0 Å². The number of hydrogen-bond donors (Lipinski definition) is 2. The van der Waals surface area contributed by atoms with Crippen molar-refractivity contribution >= 4 is 17.8 Å². The van der Waals surface area contributed by atoms with E-state index < -0.39 is 0 Å². The molecule has 0 spiro atoms. The quantitative estimate of drug-likeness (QED) is 0.556. The summed E-state index contributed by atoms with van der Waals surface area (Å²) in [6.07, 6.45) is 0. The molecule has 7 nitrogen and oxygen atoms in total. The number of likely N-dealkylation sites (N-methyl/N-ethyl adjacent to an activating group) is 1. The summed E-state index contributed by atoms with van der Waals surface area (Å²) < 4.78 is 15.0. The van der Waals surface area contributed by atoms with Gasteiger partial charge in [0.05, 0.1) is 11.4 Å². The number of anilines is 1. The summed E-state index contributed by atoms with van der Waals surface area (Å²) in [4.78, 5) is 26.8. The second kappa shape index (κ2) is 10.3. The lowest BCUT2D eigenvalue weighted by atomic mass is 9.92. The molecule has 3 amide bonds. The van der Waals surface area contributed by atoms with Crippen molar-refractivity contribution in [2.45, 2.75) is 39.7 Å². The Kier molecular flexibility index (Phi) is 7.48. The van der Waals surface area contributed by atoms with Crippen LogP contribution >= 0.6 is 0 Å². The smallest absolute Gasteiger partial charge is 0.318 e. The summed E-state index contributed by atoms with van der Waals surface area (Å²) in [6.45, 7) is 8.51. The maximum Gasteiger partial charge on any atom is 0.318 e. The molecule has 0 aliphatic rings. The maximum atomic E-state index is 13.4. The van der Waals surface area contributed by atoms with Crippen LogP contribution in [0.2, 0.25) is 0 Å². The van der Waals surface area contributed by atoms with E-state index in [9.17, 15) is 14.0 Å². The van der Waals surface area contributed by atoms with Gasteiger partial charge in [-0.15, -0.1) is 0 Å². The highest BCUT2D eigenvalue weighted by Gasteiger charge is 2.22. The molecular weight excluding hydrogens is 421 g/mol. The summed E-state index contributed by atoms with van der Waals surface area (Å²) in [7, 11) is 0. The fourth-order valence-corrected chi connectivity index (χ4v) is 3.18. The van der Waals surface area contributed by atoms with Gasteiger partial charge >= 0.3 is 6.03 Å². The molecule has 33 heavy (non-hydrogen) atoms. The Morgan fingerprint density at radius 3 is 2.33 bits per heavy atom. The molecule has 0 fully saturated rings. The first kappa shape index (κ1) is 24.0. The molecule has 8 heteroatoms. The molecule has 174 valence electrons. The van der Waals surface area contributed by atoms with E-state index in [1.54, 1.807) is 22.9 Å². The van der Waals surface area contributed by atoms with Crippen molar-refractivity contribution in [3.63, 3.8) is 0 Å². The molecule has 0 saturated heterocycles. The SMILES string of the molecule is CCN(CC(=O)Nc1cc(C(C)(C)C)nn1-c1ccc(F)cc1)C(=O)NCc1ccccc1. The Morgan fingerprint density at radius 2 is 1.73 bits per heavy atom. The third-order valence-electron chi connectivity index (χ3n) is 5.11. The Balaban J connectivity index is 1.72. The predicted octanol–water partition coefficient (Wildman–Crippen LogP) is 4.48. The molecule has 3 rings (SSSR count). The van der Waals surface area contributed by atoms with Crippen LogP contribution < -0.4 is 10.6 Å². The van der Waals surface area contributed by atoms with Gasteiger partial charge in [-0.1, -0.05) is 51.1 Å². The molecule has 0 radical (unpaired) electrons. The molecular formula is C25H30FN5O2. The zero-order valence-electron chi connectivity index (χ0n) is 19.4. The number of benzene rings is 2. The lowest BCUT2D eigenvalue weighted by molar-refractivity contribution is -0.116.